The minimum atomic E-state index is -1.16. The van der Waals surface area contributed by atoms with Gasteiger partial charge in [-0.25, -0.2) is 4.79 Å². The summed E-state index contributed by atoms with van der Waals surface area (Å²) in [6.45, 7) is 0.294. The fourth-order valence-corrected chi connectivity index (χ4v) is 2.95. The summed E-state index contributed by atoms with van der Waals surface area (Å²) in [6, 6.07) is 3.43. The molecule has 0 aliphatic carbocycles. The molecule has 1 amide bonds. The number of hydrogen-bond acceptors (Lipinski definition) is 5. The number of aromatic carboxylic acids is 1. The van der Waals surface area contributed by atoms with Gasteiger partial charge < -0.3 is 24.8 Å². The van der Waals surface area contributed by atoms with Crippen molar-refractivity contribution in [2.24, 2.45) is 0 Å². The Kier molecular flexibility index (Phi) is 3.80. The highest BCUT2D eigenvalue weighted by molar-refractivity contribution is 6.44. The molecule has 3 N–H and O–H groups in total. The Balaban J connectivity index is 1.96. The standard InChI is InChI=1S/C14H16BNO6/c17-10-5-11(18)16(7-10)6-9-2-1-8-3-4-15(21)22-13(8)12(9)14(19)20/h1-2,10,17,21H,3-7H2,(H,19,20)/t10-/m1/s1. The number of aliphatic hydroxyl groups is 1. The van der Waals surface area contributed by atoms with Gasteiger partial charge in [0, 0.05) is 13.1 Å². The van der Waals surface area contributed by atoms with Crippen LogP contribution in [0.3, 0.4) is 0 Å². The average Bonchev–Trinajstić information content (AvgIpc) is 2.76. The van der Waals surface area contributed by atoms with Gasteiger partial charge in [-0.1, -0.05) is 12.1 Å². The number of aryl methyl sites for hydroxylation is 1. The van der Waals surface area contributed by atoms with Crippen molar-refractivity contribution in [2.45, 2.75) is 31.8 Å². The second-order valence-corrected chi connectivity index (χ2v) is 5.64. The molecule has 2 aliphatic heterocycles. The van der Waals surface area contributed by atoms with Crippen molar-refractivity contribution < 1.29 is 29.5 Å². The maximum absolute atomic E-state index is 11.8. The van der Waals surface area contributed by atoms with E-state index in [1.807, 2.05) is 0 Å². The average molecular weight is 305 g/mol. The molecule has 1 atom stereocenters. The molecule has 2 aliphatic rings. The Morgan fingerprint density at radius 2 is 2.23 bits per heavy atom. The van der Waals surface area contributed by atoms with E-state index in [2.05, 4.69) is 0 Å². The van der Waals surface area contributed by atoms with Crippen molar-refractivity contribution >= 4 is 19.0 Å². The number of aliphatic hydroxyl groups excluding tert-OH is 1. The molecule has 0 radical (unpaired) electrons. The van der Waals surface area contributed by atoms with Gasteiger partial charge in [-0.2, -0.15) is 0 Å². The lowest BCUT2D eigenvalue weighted by Crippen LogP contribution is -2.30. The van der Waals surface area contributed by atoms with Crippen LogP contribution in [0.25, 0.3) is 0 Å². The highest BCUT2D eigenvalue weighted by atomic mass is 16.5. The monoisotopic (exact) mass is 305 g/mol. The smallest absolute Gasteiger partial charge is 0.522 e. The summed E-state index contributed by atoms with van der Waals surface area (Å²) in [5.74, 6) is -1.19. The molecule has 7 nitrogen and oxygen atoms in total. The Morgan fingerprint density at radius 3 is 2.86 bits per heavy atom. The molecule has 22 heavy (non-hydrogen) atoms. The predicted octanol–water partition coefficient (Wildman–Crippen LogP) is -0.107. The quantitative estimate of drug-likeness (QED) is 0.673. The second kappa shape index (κ2) is 5.62. The summed E-state index contributed by atoms with van der Waals surface area (Å²) in [7, 11) is -1.02. The van der Waals surface area contributed by atoms with Crippen LogP contribution in [0, 0.1) is 0 Å². The summed E-state index contributed by atoms with van der Waals surface area (Å²) >= 11 is 0. The van der Waals surface area contributed by atoms with Crippen LogP contribution in [0.1, 0.15) is 27.9 Å². The van der Waals surface area contributed by atoms with Crippen molar-refractivity contribution in [2.75, 3.05) is 6.54 Å². The number of likely N-dealkylation sites (tertiary alicyclic amines) is 1. The van der Waals surface area contributed by atoms with Crippen LogP contribution in [-0.4, -0.2) is 51.8 Å². The van der Waals surface area contributed by atoms with Crippen LogP contribution < -0.4 is 4.65 Å². The molecule has 1 aromatic carbocycles. The summed E-state index contributed by atoms with van der Waals surface area (Å²) in [4.78, 5) is 24.8. The highest BCUT2D eigenvalue weighted by Gasteiger charge is 2.32. The van der Waals surface area contributed by atoms with Gasteiger partial charge in [0.15, 0.2) is 0 Å². The van der Waals surface area contributed by atoms with E-state index in [1.54, 1.807) is 12.1 Å². The number of benzene rings is 1. The Morgan fingerprint density at radius 1 is 1.45 bits per heavy atom. The lowest BCUT2D eigenvalue weighted by molar-refractivity contribution is -0.128. The maximum atomic E-state index is 11.8. The number of nitrogens with zero attached hydrogens (tertiary/aromatic N) is 1. The number of carbonyl (C=O) groups excluding carboxylic acids is 1. The first-order chi connectivity index (χ1) is 10.5. The highest BCUT2D eigenvalue weighted by Crippen LogP contribution is 2.33. The first-order valence-corrected chi connectivity index (χ1v) is 7.14. The van der Waals surface area contributed by atoms with E-state index in [0.29, 0.717) is 18.3 Å². The molecule has 1 aromatic rings. The number of rotatable bonds is 3. The molecule has 0 saturated carbocycles. The number of hydrogen-bond donors (Lipinski definition) is 3. The summed E-state index contributed by atoms with van der Waals surface area (Å²) in [5, 5.41) is 28.6. The zero-order valence-electron chi connectivity index (χ0n) is 11.9. The molecule has 2 heterocycles. The fourth-order valence-electron chi connectivity index (χ4n) is 2.95. The third-order valence-electron chi connectivity index (χ3n) is 4.01. The van der Waals surface area contributed by atoms with Crippen LogP contribution in [0.15, 0.2) is 12.1 Å². The van der Waals surface area contributed by atoms with Crippen molar-refractivity contribution in [3.05, 3.63) is 28.8 Å². The largest absolute Gasteiger partial charge is 0.535 e. The van der Waals surface area contributed by atoms with Crippen molar-refractivity contribution in [3.63, 3.8) is 0 Å². The van der Waals surface area contributed by atoms with Gasteiger partial charge in [0.2, 0.25) is 5.91 Å². The van der Waals surface area contributed by atoms with Crippen molar-refractivity contribution in [1.29, 1.82) is 0 Å². The van der Waals surface area contributed by atoms with E-state index in [1.165, 1.54) is 4.90 Å². The van der Waals surface area contributed by atoms with Gasteiger partial charge in [-0.15, -0.1) is 0 Å². The summed E-state index contributed by atoms with van der Waals surface area (Å²) in [6.07, 6.45) is 0.305. The third-order valence-corrected chi connectivity index (χ3v) is 4.01. The predicted molar refractivity (Wildman–Crippen MR) is 76.6 cm³/mol. The van der Waals surface area contributed by atoms with Crippen LogP contribution in [0.2, 0.25) is 6.32 Å². The Hall–Kier alpha value is -2.06. The molecule has 0 spiro atoms. The minimum Gasteiger partial charge on any atom is -0.535 e. The van der Waals surface area contributed by atoms with Crippen molar-refractivity contribution in [3.8, 4) is 5.75 Å². The molecule has 0 aromatic heterocycles. The van der Waals surface area contributed by atoms with E-state index in [9.17, 15) is 24.8 Å². The minimum absolute atomic E-state index is 0.0227. The zero-order chi connectivity index (χ0) is 15.9. The summed E-state index contributed by atoms with van der Waals surface area (Å²) < 4.78 is 5.30. The number of carboxylic acids is 1. The molecule has 8 heteroatoms. The van der Waals surface area contributed by atoms with Crippen LogP contribution in [0.4, 0.5) is 0 Å². The van der Waals surface area contributed by atoms with Gasteiger partial charge in [-0.05, 0) is 23.9 Å². The molecule has 3 rings (SSSR count). The molecule has 1 fully saturated rings. The first-order valence-electron chi connectivity index (χ1n) is 7.14. The number of amides is 1. The normalized spacial score (nSPS) is 20.8. The van der Waals surface area contributed by atoms with E-state index in [4.69, 9.17) is 4.65 Å². The zero-order valence-corrected chi connectivity index (χ0v) is 11.9. The van der Waals surface area contributed by atoms with Gasteiger partial charge in [0.25, 0.3) is 0 Å². The number of fused-ring (bicyclic) bond motifs is 1. The van der Waals surface area contributed by atoms with Crippen LogP contribution in [-0.2, 0) is 17.8 Å². The number of carbonyl (C=O) groups is 2. The Labute approximate surface area is 127 Å². The number of carboxylic acid groups (broad SMARTS) is 1. The molecular formula is C14H16BNO6. The van der Waals surface area contributed by atoms with Crippen LogP contribution in [0.5, 0.6) is 5.75 Å². The molecular weight excluding hydrogens is 289 g/mol. The second-order valence-electron chi connectivity index (χ2n) is 5.64. The lowest BCUT2D eigenvalue weighted by atomic mass is 9.78. The SMILES string of the molecule is O=C(O)c1c(CN2C[C@H](O)CC2=O)ccc2c1OB(O)CC2. The van der Waals surface area contributed by atoms with E-state index < -0.39 is 19.2 Å². The van der Waals surface area contributed by atoms with Gasteiger partial charge in [-0.3, -0.25) is 4.79 Å². The van der Waals surface area contributed by atoms with Gasteiger partial charge >= 0.3 is 13.1 Å². The number of β-amino-alcohol motifs (C(OH)–C–C–N with tert-alkyl or cyclic N) is 1. The van der Waals surface area contributed by atoms with E-state index in [-0.39, 0.29) is 36.7 Å². The van der Waals surface area contributed by atoms with Gasteiger partial charge in [0.05, 0.1) is 12.5 Å². The van der Waals surface area contributed by atoms with Crippen LogP contribution >= 0.6 is 0 Å². The lowest BCUT2D eigenvalue weighted by Gasteiger charge is -2.24. The van der Waals surface area contributed by atoms with Gasteiger partial charge in [0.1, 0.15) is 11.3 Å². The third kappa shape index (κ3) is 2.67. The first kappa shape index (κ1) is 14.9. The molecule has 116 valence electrons. The fraction of sp³-hybridized carbons (Fsp3) is 0.429. The van der Waals surface area contributed by atoms with Crippen molar-refractivity contribution in [1.82, 2.24) is 4.90 Å². The summed E-state index contributed by atoms with van der Waals surface area (Å²) in [5.41, 5.74) is 1.15. The molecule has 0 bridgehead atoms. The topological polar surface area (TPSA) is 107 Å². The Bertz CT molecular complexity index is 634. The molecule has 0 unspecified atom stereocenters. The molecule has 1 saturated heterocycles. The maximum Gasteiger partial charge on any atom is 0.522 e. The van der Waals surface area contributed by atoms with E-state index >= 15 is 0 Å². The van der Waals surface area contributed by atoms with E-state index in [0.717, 1.165) is 5.56 Å².